The Kier molecular flexibility index (Phi) is 18.1. The molecule has 10 heteroatoms. The van der Waals surface area contributed by atoms with Gasteiger partial charge in [0.05, 0.1) is 25.7 Å². The Balaban J connectivity index is 0.00000214. The molecule has 0 amide bonds. The fraction of sp³-hybridized carbons (Fsp3) is 0.619. The number of benzene rings is 2. The third-order valence-corrected chi connectivity index (χ3v) is 10.2. The van der Waals surface area contributed by atoms with Crippen molar-refractivity contribution in [3.63, 3.8) is 0 Å². The number of carbonyl (C=O) groups is 1. The van der Waals surface area contributed by atoms with Crippen LogP contribution in [0.5, 0.6) is 11.5 Å². The Labute approximate surface area is 324 Å². The van der Waals surface area contributed by atoms with Crippen LogP contribution in [0.15, 0.2) is 34.3 Å². The van der Waals surface area contributed by atoms with Gasteiger partial charge in [-0.25, -0.2) is 4.79 Å². The molecule has 2 unspecified atom stereocenters. The monoisotopic (exact) mass is 768 g/mol. The zero-order valence-electron chi connectivity index (χ0n) is 33.8. The van der Waals surface area contributed by atoms with Crippen LogP contribution in [0.2, 0.25) is 0 Å². The number of rotatable bonds is 8. The van der Waals surface area contributed by atoms with Gasteiger partial charge in [0.25, 0.3) is 0 Å². The van der Waals surface area contributed by atoms with E-state index in [2.05, 4.69) is 93.6 Å². The van der Waals surface area contributed by atoms with Gasteiger partial charge >= 0.3 is 6.16 Å². The van der Waals surface area contributed by atoms with Crippen LogP contribution in [0.3, 0.4) is 0 Å². The van der Waals surface area contributed by atoms with Crippen molar-refractivity contribution < 1.29 is 51.8 Å². The van der Waals surface area contributed by atoms with E-state index in [0.29, 0.717) is 11.5 Å². The minimum atomic E-state index is -1.83. The van der Waals surface area contributed by atoms with Crippen LogP contribution >= 0.6 is 0 Å². The molecule has 1 aliphatic carbocycles. The number of likely N-dealkylation sites (N-methyl/N-ethyl adjacent to an activating group) is 1. The first-order valence-corrected chi connectivity index (χ1v) is 18.5. The topological polar surface area (TPSA) is 132 Å². The van der Waals surface area contributed by atoms with E-state index in [9.17, 15) is 10.2 Å². The summed E-state index contributed by atoms with van der Waals surface area (Å²) in [5.41, 5.74) is 5.78. The van der Waals surface area contributed by atoms with E-state index in [4.69, 9.17) is 25.0 Å². The molecule has 1 saturated heterocycles. The second-order valence-electron chi connectivity index (χ2n) is 17.6. The van der Waals surface area contributed by atoms with E-state index in [1.807, 2.05) is 12.4 Å². The van der Waals surface area contributed by atoms with Gasteiger partial charge in [-0.2, -0.15) is 0 Å². The van der Waals surface area contributed by atoms with E-state index in [-0.39, 0.29) is 52.5 Å². The van der Waals surface area contributed by atoms with E-state index in [1.54, 1.807) is 9.80 Å². The summed E-state index contributed by atoms with van der Waals surface area (Å²) >= 11 is 0. The van der Waals surface area contributed by atoms with Gasteiger partial charge in [-0.3, -0.25) is 9.98 Å². The van der Waals surface area contributed by atoms with Crippen LogP contribution in [-0.2, 0) is 39.4 Å². The molecule has 1 radical (unpaired) electrons. The number of phenolic OH excluding ortho intramolecular Hbond substituents is 2. The molecule has 2 fully saturated rings. The van der Waals surface area contributed by atoms with Gasteiger partial charge in [-0.1, -0.05) is 87.3 Å². The van der Waals surface area contributed by atoms with Crippen LogP contribution in [0.1, 0.15) is 128 Å². The van der Waals surface area contributed by atoms with Crippen LogP contribution in [0, 0.1) is 7.43 Å². The molecule has 1 heterocycles. The molecule has 4 rings (SSSR count). The zero-order chi connectivity index (χ0) is 37.4. The molecule has 2 aromatic carbocycles. The van der Waals surface area contributed by atoms with Crippen LogP contribution in [-0.4, -0.2) is 90.9 Å². The van der Waals surface area contributed by atoms with Crippen molar-refractivity contribution in [2.75, 3.05) is 39.8 Å². The normalized spacial score (nSPS) is 21.2. The Bertz CT molecular complexity index is 1490. The van der Waals surface area contributed by atoms with E-state index >= 15 is 0 Å². The number of nitrogens with one attached hydrogen (secondary N) is 2. The van der Waals surface area contributed by atoms with Gasteiger partial charge in [-0.05, 0) is 64.3 Å². The number of aromatic hydroxyl groups is 2. The summed E-state index contributed by atoms with van der Waals surface area (Å²) in [5, 5.41) is 36.7. The second kappa shape index (κ2) is 20.0. The SMILES string of the molecule is C[NH+]1CC[NH+](CCCc2cc(C(C)(C)C)cc(C=NC3CCCCC3N=Cc3cc(C(C)(C)C)cc(C(C)(C)C)c3O)c2O)CC1.O=C(O)O.[CH3-].[Co]. The predicted molar refractivity (Wildman–Crippen MR) is 211 cm³/mol. The summed E-state index contributed by atoms with van der Waals surface area (Å²) in [7, 11) is 2.29. The number of phenols is 2. The number of carboxylic acid groups (broad SMARTS) is 2. The van der Waals surface area contributed by atoms with Gasteiger partial charge in [-0.15, -0.1) is 0 Å². The maximum Gasteiger partial charge on any atom is 0.503 e. The molecular weight excluding hydrogens is 699 g/mol. The fourth-order valence-electron chi connectivity index (χ4n) is 6.80. The average molecular weight is 769 g/mol. The standard InChI is InChI=1S/C40H62N4O2.CH2O3.CH3.Co/c1-38(2,3)31-22-28(14-13-17-44-20-18-43(10)19-21-44)36(45)29(23-31)26-41-34-15-11-12-16-35(34)42-27-30-24-32(39(4,5)6)25-33(37(30)46)40(7,8)9;2-1(3)4;;/h22-27,34-35,45-46H,11-21H2,1-10H3;(H2,2,3,4);1H3;/q;;-1;/p+2. The Morgan fingerprint density at radius 2 is 1.19 bits per heavy atom. The number of aryl methyl sites for hydroxylation is 1. The molecule has 6 N–H and O–H groups in total. The summed E-state index contributed by atoms with van der Waals surface area (Å²) in [5.74, 6) is 0.705. The third kappa shape index (κ3) is 14.1. The number of quaternary nitrogens is 2. The average Bonchev–Trinajstić information content (AvgIpc) is 3.00. The molecule has 52 heavy (non-hydrogen) atoms. The number of hydrogen-bond donors (Lipinski definition) is 6. The van der Waals surface area contributed by atoms with Crippen LogP contribution < -0.4 is 9.80 Å². The first-order chi connectivity index (χ1) is 23.2. The molecule has 295 valence electrons. The van der Waals surface area contributed by atoms with Crippen molar-refractivity contribution >= 4 is 18.6 Å². The van der Waals surface area contributed by atoms with Crippen molar-refractivity contribution in [1.82, 2.24) is 0 Å². The maximum atomic E-state index is 11.5. The summed E-state index contributed by atoms with van der Waals surface area (Å²) in [6, 6.07) is 8.68. The molecule has 2 aromatic rings. The molecule has 2 aliphatic rings. The van der Waals surface area contributed by atoms with E-state index < -0.39 is 6.16 Å². The Hall–Kier alpha value is -2.92. The molecule has 1 aliphatic heterocycles. The van der Waals surface area contributed by atoms with E-state index in [1.165, 1.54) is 37.3 Å². The van der Waals surface area contributed by atoms with Crippen molar-refractivity contribution in [2.24, 2.45) is 9.98 Å². The number of aliphatic imine (C=N–C) groups is 2. The predicted octanol–water partition coefficient (Wildman–Crippen LogP) is 5.86. The van der Waals surface area contributed by atoms with Crippen molar-refractivity contribution in [3.05, 3.63) is 65.1 Å². The molecule has 0 aromatic heterocycles. The van der Waals surface area contributed by atoms with Crippen molar-refractivity contribution in [2.45, 2.75) is 129 Å². The first-order valence-electron chi connectivity index (χ1n) is 18.5. The van der Waals surface area contributed by atoms with Gasteiger partial charge in [0.1, 0.15) is 37.7 Å². The van der Waals surface area contributed by atoms with Crippen molar-refractivity contribution in [1.29, 1.82) is 0 Å². The number of nitrogens with zero attached hydrogens (tertiary/aromatic N) is 2. The Morgan fingerprint density at radius 1 is 0.750 bits per heavy atom. The Morgan fingerprint density at radius 3 is 1.63 bits per heavy atom. The molecule has 2 atom stereocenters. The van der Waals surface area contributed by atoms with E-state index in [0.717, 1.165) is 67.3 Å². The summed E-state index contributed by atoms with van der Waals surface area (Å²) in [4.78, 5) is 22.1. The summed E-state index contributed by atoms with van der Waals surface area (Å²) in [6.07, 6.45) is 8.12. The van der Waals surface area contributed by atoms with Gasteiger partial charge in [0.15, 0.2) is 0 Å². The van der Waals surface area contributed by atoms with Crippen molar-refractivity contribution in [3.8, 4) is 11.5 Å². The number of piperazine rings is 1. The smallest absolute Gasteiger partial charge is 0.503 e. The molecule has 0 bridgehead atoms. The minimum absolute atomic E-state index is 0. The van der Waals surface area contributed by atoms with Crippen LogP contribution in [0.4, 0.5) is 4.79 Å². The molecule has 9 nitrogen and oxygen atoms in total. The quantitative estimate of drug-likeness (QED) is 0.148. The molecule has 0 spiro atoms. The molecular formula is C42H69CoN4O5+. The maximum absolute atomic E-state index is 11.5. The second-order valence-corrected chi connectivity index (χ2v) is 17.6. The minimum Gasteiger partial charge on any atom is -0.507 e. The third-order valence-electron chi connectivity index (χ3n) is 10.2. The largest absolute Gasteiger partial charge is 0.507 e. The van der Waals surface area contributed by atoms with Gasteiger partial charge < -0.3 is 37.7 Å². The summed E-state index contributed by atoms with van der Waals surface area (Å²) in [6.45, 7) is 25.9. The van der Waals surface area contributed by atoms with Crippen LogP contribution in [0.25, 0.3) is 0 Å². The van der Waals surface area contributed by atoms with Gasteiger partial charge in [0, 0.05) is 52.3 Å². The zero-order valence-corrected chi connectivity index (χ0v) is 34.9. The first kappa shape index (κ1) is 47.1. The molecule has 1 saturated carbocycles. The summed E-state index contributed by atoms with van der Waals surface area (Å²) < 4.78 is 0. The van der Waals surface area contributed by atoms with Gasteiger partial charge in [0.2, 0.25) is 0 Å². The number of hydrogen-bond acceptors (Lipinski definition) is 5. The fourth-order valence-corrected chi connectivity index (χ4v) is 6.80.